The molecule has 0 saturated carbocycles. The molecule has 3 aromatic carbocycles. The van der Waals surface area contributed by atoms with Gasteiger partial charge >= 0.3 is 12.4 Å². The van der Waals surface area contributed by atoms with Crippen LogP contribution in [-0.4, -0.2) is 37.4 Å². The highest BCUT2D eigenvalue weighted by atomic mass is 32.1. The van der Waals surface area contributed by atoms with Crippen LogP contribution in [0, 0.1) is 12.7 Å². The maximum Gasteiger partial charge on any atom is 0.573 e. The lowest BCUT2D eigenvalue weighted by atomic mass is 10.0. The van der Waals surface area contributed by atoms with Gasteiger partial charge in [0.1, 0.15) is 17.9 Å². The summed E-state index contributed by atoms with van der Waals surface area (Å²) in [6.45, 7) is 7.61. The Morgan fingerprint density at radius 3 is 2.42 bits per heavy atom. The molecule has 45 heavy (non-hydrogen) atoms. The molecule has 0 aliphatic carbocycles. The zero-order valence-electron chi connectivity index (χ0n) is 24.7. The van der Waals surface area contributed by atoms with Gasteiger partial charge in [0.2, 0.25) is 0 Å². The Morgan fingerprint density at radius 1 is 1.04 bits per heavy atom. The van der Waals surface area contributed by atoms with Gasteiger partial charge < -0.3 is 4.74 Å². The first-order valence-corrected chi connectivity index (χ1v) is 14.7. The summed E-state index contributed by atoms with van der Waals surface area (Å²) in [4.78, 5) is 26.0. The molecular weight excluding hydrogens is 608 g/mol. The number of aliphatic imine (C=N–C) groups is 1. The number of rotatable bonds is 7. The first-order valence-electron chi connectivity index (χ1n) is 13.8. The Kier molecular flexibility index (Phi) is 9.09. The molecule has 2 heterocycles. The van der Waals surface area contributed by atoms with E-state index in [1.165, 1.54) is 58.7 Å². The van der Waals surface area contributed by atoms with E-state index in [0.717, 1.165) is 28.1 Å². The van der Waals surface area contributed by atoms with Crippen molar-refractivity contribution in [3.63, 3.8) is 0 Å². The highest BCUT2D eigenvalue weighted by molar-refractivity contribution is 7.07. The maximum atomic E-state index is 14.0. The highest BCUT2D eigenvalue weighted by Crippen LogP contribution is 2.26. The number of ether oxygens (including phenoxy) is 1. The molecule has 5 rings (SSSR count). The maximum absolute atomic E-state index is 14.0. The second kappa shape index (κ2) is 13.0. The molecule has 0 bridgehead atoms. The van der Waals surface area contributed by atoms with E-state index < -0.39 is 12.4 Å². The molecule has 2 amide bonds. The van der Waals surface area contributed by atoms with Crippen molar-refractivity contribution >= 4 is 23.1 Å². The van der Waals surface area contributed by atoms with E-state index in [2.05, 4.69) is 24.8 Å². The Morgan fingerprint density at radius 2 is 1.76 bits per heavy atom. The summed E-state index contributed by atoms with van der Waals surface area (Å²) in [5.41, 5.74) is 5.17. The van der Waals surface area contributed by atoms with Crippen molar-refractivity contribution in [2.24, 2.45) is 9.98 Å². The van der Waals surface area contributed by atoms with Crippen LogP contribution in [0.5, 0.6) is 5.75 Å². The molecule has 0 fully saturated rings. The number of hydrogen-bond acceptors (Lipinski definition) is 5. The molecular formula is C32H28F4N6O2S. The van der Waals surface area contributed by atoms with Crippen molar-refractivity contribution in [3.05, 3.63) is 106 Å². The van der Waals surface area contributed by atoms with Crippen LogP contribution in [-0.2, 0) is 6.42 Å². The number of thiazole rings is 1. The molecule has 2 aromatic heterocycles. The summed E-state index contributed by atoms with van der Waals surface area (Å²) in [5.74, 6) is -0.159. The summed E-state index contributed by atoms with van der Waals surface area (Å²) >= 11 is 1.31. The number of aryl methyl sites for hydroxylation is 1. The lowest BCUT2D eigenvalue weighted by Gasteiger charge is -2.15. The summed E-state index contributed by atoms with van der Waals surface area (Å²) < 4.78 is 58.4. The molecule has 0 spiro atoms. The summed E-state index contributed by atoms with van der Waals surface area (Å²) in [5, 5.41) is 6.30. The number of hydrogen-bond donors (Lipinski definition) is 0. The number of nitrogens with zero attached hydrogens (tertiary/aromatic N) is 6. The lowest BCUT2D eigenvalue weighted by Crippen LogP contribution is -2.18. The van der Waals surface area contributed by atoms with Gasteiger partial charge in [-0.1, -0.05) is 38.1 Å². The zero-order chi connectivity index (χ0) is 32.3. The van der Waals surface area contributed by atoms with Gasteiger partial charge in [-0.2, -0.15) is 4.99 Å². The van der Waals surface area contributed by atoms with E-state index in [4.69, 9.17) is 0 Å². The smallest absolute Gasteiger partial charge is 0.406 e. The average molecular weight is 637 g/mol. The number of carbonyl (C=O) groups is 1. The Labute approximate surface area is 260 Å². The second-order valence-electron chi connectivity index (χ2n) is 10.5. The highest BCUT2D eigenvalue weighted by Gasteiger charge is 2.31. The van der Waals surface area contributed by atoms with Gasteiger partial charge in [0.15, 0.2) is 10.6 Å². The molecule has 13 heteroatoms. The summed E-state index contributed by atoms with van der Waals surface area (Å²) in [6, 6.07) is 16.7. The number of carbonyl (C=O) groups excluding carboxylic acids is 1. The van der Waals surface area contributed by atoms with Crippen molar-refractivity contribution < 1.29 is 27.1 Å². The predicted molar refractivity (Wildman–Crippen MR) is 164 cm³/mol. The van der Waals surface area contributed by atoms with E-state index in [1.54, 1.807) is 13.0 Å². The molecule has 0 radical (unpaired) electrons. The topological polar surface area (TPSA) is 86.7 Å². The minimum Gasteiger partial charge on any atom is -0.406 e. The lowest BCUT2D eigenvalue weighted by molar-refractivity contribution is -0.274. The van der Waals surface area contributed by atoms with Crippen LogP contribution >= 0.6 is 11.3 Å². The van der Waals surface area contributed by atoms with Gasteiger partial charge in [-0.05, 0) is 73.4 Å². The summed E-state index contributed by atoms with van der Waals surface area (Å²) in [7, 11) is 0. The fourth-order valence-electron chi connectivity index (χ4n) is 4.65. The van der Waals surface area contributed by atoms with E-state index >= 15 is 0 Å². The molecule has 0 unspecified atom stereocenters. The van der Waals surface area contributed by atoms with Crippen LogP contribution in [0.4, 0.5) is 22.4 Å². The molecule has 5 aromatic rings. The van der Waals surface area contributed by atoms with Crippen molar-refractivity contribution in [2.75, 3.05) is 0 Å². The first kappa shape index (κ1) is 31.5. The molecule has 8 nitrogen and oxygen atoms in total. The minimum absolute atomic E-state index is 0.0618. The molecule has 0 aliphatic rings. The van der Waals surface area contributed by atoms with Crippen molar-refractivity contribution in [2.45, 2.75) is 46.4 Å². The summed E-state index contributed by atoms with van der Waals surface area (Å²) in [6.07, 6.45) is -2.89. The van der Waals surface area contributed by atoms with Crippen LogP contribution in [0.2, 0.25) is 0 Å². The van der Waals surface area contributed by atoms with E-state index in [0.29, 0.717) is 28.4 Å². The van der Waals surface area contributed by atoms with E-state index in [-0.39, 0.29) is 17.5 Å². The SMILES string of the molecule is CC(Cc1ccc(-c2ncn(-c3ccc(OC(F)(F)F)cc3)n2)cc1)=NC(=O)N=c1scc(C)n1-c1ccc(F)cc1C(C)C. The average Bonchev–Trinajstić information content (AvgIpc) is 3.60. The van der Waals surface area contributed by atoms with Gasteiger partial charge in [-0.3, -0.25) is 4.57 Å². The normalized spacial score (nSPS) is 12.6. The van der Waals surface area contributed by atoms with Gasteiger partial charge in [0, 0.05) is 28.8 Å². The van der Waals surface area contributed by atoms with E-state index in [1.807, 2.05) is 55.0 Å². The van der Waals surface area contributed by atoms with Crippen LogP contribution < -0.4 is 9.54 Å². The molecule has 232 valence electrons. The number of benzene rings is 3. The van der Waals surface area contributed by atoms with Crippen molar-refractivity contribution in [1.29, 1.82) is 0 Å². The Bertz CT molecular complexity index is 1920. The van der Waals surface area contributed by atoms with Crippen LogP contribution in [0.3, 0.4) is 0 Å². The predicted octanol–water partition coefficient (Wildman–Crippen LogP) is 7.98. The molecule has 0 saturated heterocycles. The zero-order valence-corrected chi connectivity index (χ0v) is 25.5. The Hall–Kier alpha value is -4.91. The fourth-order valence-corrected chi connectivity index (χ4v) is 5.51. The molecule has 0 N–H and O–H groups in total. The number of alkyl halides is 3. The van der Waals surface area contributed by atoms with Gasteiger partial charge in [-0.15, -0.1) is 29.6 Å². The van der Waals surface area contributed by atoms with Gasteiger partial charge in [0.25, 0.3) is 0 Å². The number of aromatic nitrogens is 4. The quantitative estimate of drug-likeness (QED) is 0.134. The third-order valence-electron chi connectivity index (χ3n) is 6.71. The largest absolute Gasteiger partial charge is 0.573 e. The van der Waals surface area contributed by atoms with Crippen LogP contribution in [0.25, 0.3) is 22.8 Å². The molecule has 0 atom stereocenters. The number of halogens is 4. The molecule has 0 aliphatic heterocycles. The number of urea groups is 1. The third kappa shape index (κ3) is 7.79. The van der Waals surface area contributed by atoms with Crippen molar-refractivity contribution in [3.8, 4) is 28.5 Å². The van der Waals surface area contributed by atoms with Gasteiger partial charge in [0.05, 0.1) is 11.4 Å². The van der Waals surface area contributed by atoms with E-state index in [9.17, 15) is 22.4 Å². The Balaban J connectivity index is 1.27. The first-order chi connectivity index (χ1) is 21.4. The van der Waals surface area contributed by atoms with Crippen LogP contribution in [0.1, 0.15) is 43.5 Å². The van der Waals surface area contributed by atoms with Gasteiger partial charge in [-0.25, -0.2) is 23.8 Å². The second-order valence-corrected chi connectivity index (χ2v) is 11.4. The van der Waals surface area contributed by atoms with Crippen LogP contribution in [0.15, 0.2) is 88.4 Å². The minimum atomic E-state index is -4.76. The monoisotopic (exact) mass is 636 g/mol. The van der Waals surface area contributed by atoms with Crippen molar-refractivity contribution in [1.82, 2.24) is 19.3 Å². The number of amides is 2. The fraction of sp³-hybridized carbons (Fsp3) is 0.219. The third-order valence-corrected chi connectivity index (χ3v) is 7.65. The standard InChI is InChI=1S/C32H28F4N6O2S/c1-19(2)27-16-24(33)9-14-28(27)42-21(4)17-45-31(42)39-30(43)38-20(3)15-22-5-7-23(8-6-22)29-37-18-41(40-29)25-10-12-26(13-11-25)44-32(34,35)36/h5-14,16-19H,15H2,1-4H3.